The average molecular weight is 282 g/mol. The molecule has 0 unspecified atom stereocenters. The third-order valence-corrected chi connectivity index (χ3v) is 2.82. The van der Waals surface area contributed by atoms with Gasteiger partial charge in [-0.05, 0) is 20.0 Å². The molecule has 20 heavy (non-hydrogen) atoms. The van der Waals surface area contributed by atoms with Crippen molar-refractivity contribution in [2.24, 2.45) is 5.84 Å². The number of ether oxygens (including phenoxy) is 1. The fraction of sp³-hybridized carbons (Fsp3) is 0.692. The number of nitrogens with zero attached hydrogens (tertiary/aromatic N) is 3. The van der Waals surface area contributed by atoms with Gasteiger partial charge in [-0.3, -0.25) is 0 Å². The summed E-state index contributed by atoms with van der Waals surface area (Å²) in [6.07, 6.45) is 1.50. The number of nitrogen functional groups attached to an aromatic ring is 1. The van der Waals surface area contributed by atoms with Crippen LogP contribution in [0.2, 0.25) is 0 Å². The zero-order valence-corrected chi connectivity index (χ0v) is 12.8. The van der Waals surface area contributed by atoms with Gasteiger partial charge in [0, 0.05) is 18.7 Å². The van der Waals surface area contributed by atoms with Crippen LogP contribution in [0.4, 0.5) is 11.6 Å². The summed E-state index contributed by atoms with van der Waals surface area (Å²) in [5, 5.41) is 3.27. The maximum atomic E-state index is 5.54. The highest BCUT2D eigenvalue weighted by Gasteiger charge is 2.13. The molecule has 0 saturated heterocycles. The second kappa shape index (κ2) is 8.68. The Morgan fingerprint density at radius 1 is 1.25 bits per heavy atom. The lowest BCUT2D eigenvalue weighted by Gasteiger charge is -2.16. The molecule has 7 heteroatoms. The third-order valence-electron chi connectivity index (χ3n) is 2.82. The van der Waals surface area contributed by atoms with E-state index in [1.807, 2.05) is 14.1 Å². The molecule has 0 radical (unpaired) electrons. The van der Waals surface area contributed by atoms with Crippen molar-refractivity contribution in [1.29, 1.82) is 0 Å². The minimum Gasteiger partial charge on any atom is -0.378 e. The van der Waals surface area contributed by atoms with Crippen molar-refractivity contribution < 1.29 is 4.74 Å². The smallest absolute Gasteiger partial charge is 0.148 e. The molecule has 1 aromatic heterocycles. The number of nitrogens with two attached hydrogens (primary N) is 1. The molecule has 0 saturated carbocycles. The van der Waals surface area contributed by atoms with Crippen LogP contribution < -0.4 is 16.6 Å². The van der Waals surface area contributed by atoms with Crippen molar-refractivity contribution in [2.45, 2.75) is 19.8 Å². The maximum absolute atomic E-state index is 5.54. The van der Waals surface area contributed by atoms with Gasteiger partial charge in [0.2, 0.25) is 0 Å². The van der Waals surface area contributed by atoms with E-state index in [9.17, 15) is 0 Å². The van der Waals surface area contributed by atoms with E-state index in [0.717, 1.165) is 24.5 Å². The first kappa shape index (κ1) is 16.6. The first-order chi connectivity index (χ1) is 9.56. The molecule has 0 aliphatic heterocycles. The van der Waals surface area contributed by atoms with Crippen LogP contribution in [0.25, 0.3) is 0 Å². The molecule has 0 bridgehead atoms. The minimum atomic E-state index is 0.277. The predicted molar refractivity (Wildman–Crippen MR) is 81.8 cm³/mol. The van der Waals surface area contributed by atoms with E-state index < -0.39 is 0 Å². The number of anilines is 2. The number of rotatable bonds is 9. The van der Waals surface area contributed by atoms with Gasteiger partial charge in [0.05, 0.1) is 13.2 Å². The SMILES string of the molecule is CC(C)c1c(NN)ncnc1NCCOCCN(C)C. The molecule has 0 aromatic carbocycles. The van der Waals surface area contributed by atoms with Crippen molar-refractivity contribution in [1.82, 2.24) is 14.9 Å². The van der Waals surface area contributed by atoms with Crippen molar-refractivity contribution >= 4 is 11.6 Å². The number of nitrogens with one attached hydrogen (secondary N) is 2. The number of likely N-dealkylation sites (N-methyl/N-ethyl adjacent to an activating group) is 1. The molecule has 1 rings (SSSR count). The topological polar surface area (TPSA) is 88.3 Å². The third kappa shape index (κ3) is 5.28. The summed E-state index contributed by atoms with van der Waals surface area (Å²) in [5.41, 5.74) is 3.60. The van der Waals surface area contributed by atoms with Crippen LogP contribution in [0.15, 0.2) is 6.33 Å². The number of aromatic nitrogens is 2. The minimum absolute atomic E-state index is 0.277. The van der Waals surface area contributed by atoms with Gasteiger partial charge >= 0.3 is 0 Å². The molecule has 0 atom stereocenters. The summed E-state index contributed by atoms with van der Waals surface area (Å²) >= 11 is 0. The van der Waals surface area contributed by atoms with Gasteiger partial charge in [-0.25, -0.2) is 15.8 Å². The second-order valence-electron chi connectivity index (χ2n) is 5.13. The van der Waals surface area contributed by atoms with Crippen LogP contribution >= 0.6 is 0 Å². The Morgan fingerprint density at radius 2 is 1.95 bits per heavy atom. The Balaban J connectivity index is 2.47. The molecule has 0 amide bonds. The molecular weight excluding hydrogens is 256 g/mol. The Kier molecular flexibility index (Phi) is 7.21. The van der Waals surface area contributed by atoms with Gasteiger partial charge in [0.15, 0.2) is 0 Å². The van der Waals surface area contributed by atoms with Crippen LogP contribution in [-0.2, 0) is 4.74 Å². The summed E-state index contributed by atoms with van der Waals surface area (Å²) in [4.78, 5) is 10.5. The summed E-state index contributed by atoms with van der Waals surface area (Å²) in [7, 11) is 4.05. The first-order valence-electron chi connectivity index (χ1n) is 6.84. The molecule has 4 N–H and O–H groups in total. The van der Waals surface area contributed by atoms with Crippen molar-refractivity contribution in [3.8, 4) is 0 Å². The lowest BCUT2D eigenvalue weighted by Crippen LogP contribution is -2.21. The predicted octanol–water partition coefficient (Wildman–Crippen LogP) is 0.876. The van der Waals surface area contributed by atoms with Crippen LogP contribution in [0.1, 0.15) is 25.3 Å². The summed E-state index contributed by atoms with van der Waals surface area (Å²) in [6.45, 7) is 7.16. The molecule has 0 spiro atoms. The lowest BCUT2D eigenvalue weighted by molar-refractivity contribution is 0.126. The molecule has 0 aliphatic rings. The zero-order valence-electron chi connectivity index (χ0n) is 12.8. The van der Waals surface area contributed by atoms with E-state index in [4.69, 9.17) is 10.6 Å². The fourth-order valence-electron chi connectivity index (χ4n) is 1.79. The monoisotopic (exact) mass is 282 g/mol. The van der Waals surface area contributed by atoms with E-state index >= 15 is 0 Å². The average Bonchev–Trinajstić information content (AvgIpc) is 2.41. The standard InChI is InChI=1S/C13H26N6O/c1-10(2)11-12(16-9-17-13(11)18-14)15-5-7-20-8-6-19(3)4/h9-10H,5-8,14H2,1-4H3,(H2,15,16,17,18). The van der Waals surface area contributed by atoms with Gasteiger partial charge in [0.25, 0.3) is 0 Å². The van der Waals surface area contributed by atoms with E-state index in [1.165, 1.54) is 6.33 Å². The number of hydrogen-bond acceptors (Lipinski definition) is 7. The van der Waals surface area contributed by atoms with Crippen molar-refractivity contribution in [3.05, 3.63) is 11.9 Å². The van der Waals surface area contributed by atoms with E-state index in [2.05, 4.69) is 39.5 Å². The highest BCUT2D eigenvalue weighted by Crippen LogP contribution is 2.27. The summed E-state index contributed by atoms with van der Waals surface area (Å²) in [5.74, 6) is 7.22. The van der Waals surface area contributed by atoms with E-state index in [0.29, 0.717) is 19.0 Å². The van der Waals surface area contributed by atoms with E-state index in [1.54, 1.807) is 0 Å². The van der Waals surface area contributed by atoms with Crippen molar-refractivity contribution in [2.75, 3.05) is 51.1 Å². The Morgan fingerprint density at radius 3 is 2.55 bits per heavy atom. The van der Waals surface area contributed by atoms with Crippen molar-refractivity contribution in [3.63, 3.8) is 0 Å². The number of hydrogen-bond donors (Lipinski definition) is 3. The largest absolute Gasteiger partial charge is 0.378 e. The second-order valence-corrected chi connectivity index (χ2v) is 5.13. The van der Waals surface area contributed by atoms with Gasteiger partial charge < -0.3 is 20.4 Å². The van der Waals surface area contributed by atoms with Crippen LogP contribution in [0.3, 0.4) is 0 Å². The highest BCUT2D eigenvalue weighted by molar-refractivity contribution is 5.58. The quantitative estimate of drug-likeness (QED) is 0.352. The fourth-order valence-corrected chi connectivity index (χ4v) is 1.79. The van der Waals surface area contributed by atoms with Gasteiger partial charge in [-0.2, -0.15) is 0 Å². The summed E-state index contributed by atoms with van der Waals surface area (Å²) < 4.78 is 5.54. The Bertz CT molecular complexity index is 396. The van der Waals surface area contributed by atoms with Gasteiger partial charge in [-0.1, -0.05) is 13.8 Å². The van der Waals surface area contributed by atoms with Gasteiger partial charge in [0.1, 0.15) is 18.0 Å². The van der Waals surface area contributed by atoms with Crippen LogP contribution in [-0.4, -0.2) is 55.3 Å². The maximum Gasteiger partial charge on any atom is 0.148 e. The van der Waals surface area contributed by atoms with Gasteiger partial charge in [-0.15, -0.1) is 0 Å². The van der Waals surface area contributed by atoms with Crippen LogP contribution in [0, 0.1) is 0 Å². The highest BCUT2D eigenvalue weighted by atomic mass is 16.5. The molecule has 0 fully saturated rings. The molecule has 1 aromatic rings. The Labute approximate surface area is 120 Å². The number of hydrazine groups is 1. The Hall–Kier alpha value is -1.44. The molecule has 7 nitrogen and oxygen atoms in total. The normalized spacial score (nSPS) is 11.2. The molecule has 114 valence electrons. The molecule has 0 aliphatic carbocycles. The molecule has 1 heterocycles. The molecular formula is C13H26N6O. The lowest BCUT2D eigenvalue weighted by atomic mass is 10.0. The zero-order chi connectivity index (χ0) is 15.0. The van der Waals surface area contributed by atoms with Crippen LogP contribution in [0.5, 0.6) is 0 Å². The van der Waals surface area contributed by atoms with E-state index in [-0.39, 0.29) is 5.92 Å². The summed E-state index contributed by atoms with van der Waals surface area (Å²) in [6, 6.07) is 0. The first-order valence-corrected chi connectivity index (χ1v) is 6.84.